The van der Waals surface area contributed by atoms with Crippen molar-refractivity contribution in [2.24, 2.45) is 0 Å². The van der Waals surface area contributed by atoms with Gasteiger partial charge >= 0.3 is 0 Å². The van der Waals surface area contributed by atoms with Gasteiger partial charge in [0, 0.05) is 20.2 Å². The summed E-state index contributed by atoms with van der Waals surface area (Å²) in [4.78, 5) is 0. The largest absolute Gasteiger partial charge is 0.252 e. The van der Waals surface area contributed by atoms with Crippen LogP contribution in [0.5, 0.6) is 0 Å². The molecule has 1 fully saturated rings. The number of hydrogen-bond donors (Lipinski definition) is 1. The van der Waals surface area contributed by atoms with E-state index in [1.807, 2.05) is 13.8 Å². The Balaban J connectivity index is 2.67. The molecule has 0 aromatic rings. The lowest BCUT2D eigenvalue weighted by Gasteiger charge is -2.26. The van der Waals surface area contributed by atoms with E-state index in [1.54, 1.807) is 0 Å². The number of nitrogens with one attached hydrogen (secondary N) is 1. The monoisotopic (exact) mass is 189 g/mol. The summed E-state index contributed by atoms with van der Waals surface area (Å²) in [5.74, 6) is 0. The second-order valence-corrected chi connectivity index (χ2v) is 6.86. The summed E-state index contributed by atoms with van der Waals surface area (Å²) in [6.07, 6.45) is 5.64. The summed E-state index contributed by atoms with van der Waals surface area (Å²) in [6, 6.07) is 0. The molecule has 0 unspecified atom stereocenters. The average molecular weight is 189 g/mol. The molecule has 1 aliphatic carbocycles. The number of rotatable bonds is 2. The highest BCUT2D eigenvalue weighted by molar-refractivity contribution is 7.93. The second kappa shape index (κ2) is 3.77. The summed E-state index contributed by atoms with van der Waals surface area (Å²) in [7, 11) is -2.30. The van der Waals surface area contributed by atoms with Gasteiger partial charge in [0.2, 0.25) is 0 Å². The van der Waals surface area contributed by atoms with Gasteiger partial charge in [-0.25, -0.2) is 4.21 Å². The molecule has 0 radical (unpaired) electrons. The standard InChI is InChI=1S/C9H19NOS/c1-8(2)12(10,11)9-6-4-3-5-7-9/h8-10H,3-7H2,1-2H3/t12-/m0/s1. The Bertz CT molecular complexity index is 225. The quantitative estimate of drug-likeness (QED) is 0.713. The molecule has 1 N–H and O–H groups in total. The van der Waals surface area contributed by atoms with Crippen molar-refractivity contribution in [3.63, 3.8) is 0 Å². The van der Waals surface area contributed by atoms with Gasteiger partial charge in [-0.2, -0.15) is 0 Å². The zero-order chi connectivity index (χ0) is 9.19. The van der Waals surface area contributed by atoms with Gasteiger partial charge in [-0.15, -0.1) is 0 Å². The average Bonchev–Trinajstić information content (AvgIpc) is 2.06. The fourth-order valence-corrected chi connectivity index (χ4v) is 3.60. The lowest BCUT2D eigenvalue weighted by atomic mass is 10.0. The van der Waals surface area contributed by atoms with Gasteiger partial charge in [-0.05, 0) is 12.8 Å². The Hall–Kier alpha value is -0.0500. The number of hydrogen-bond acceptors (Lipinski definition) is 2. The molecule has 72 valence electrons. The first kappa shape index (κ1) is 10.0. The summed E-state index contributed by atoms with van der Waals surface area (Å²) in [5.41, 5.74) is 0. The van der Waals surface area contributed by atoms with Gasteiger partial charge in [0.15, 0.2) is 0 Å². The molecule has 1 rings (SSSR count). The van der Waals surface area contributed by atoms with E-state index in [0.29, 0.717) is 0 Å². The summed E-state index contributed by atoms with van der Waals surface area (Å²) >= 11 is 0. The van der Waals surface area contributed by atoms with E-state index in [4.69, 9.17) is 4.78 Å². The minimum atomic E-state index is -2.30. The lowest BCUT2D eigenvalue weighted by molar-refractivity contribution is 0.499. The van der Waals surface area contributed by atoms with Crippen LogP contribution in [0.25, 0.3) is 0 Å². The van der Waals surface area contributed by atoms with E-state index in [-0.39, 0.29) is 10.5 Å². The van der Waals surface area contributed by atoms with Crippen molar-refractivity contribution in [2.45, 2.75) is 56.5 Å². The van der Waals surface area contributed by atoms with E-state index in [0.717, 1.165) is 12.8 Å². The molecule has 0 aliphatic heterocycles. The maximum atomic E-state index is 11.9. The van der Waals surface area contributed by atoms with Crippen LogP contribution in [0.15, 0.2) is 0 Å². The van der Waals surface area contributed by atoms with E-state index < -0.39 is 9.73 Å². The molecule has 3 heteroatoms. The van der Waals surface area contributed by atoms with E-state index in [1.165, 1.54) is 19.3 Å². The Morgan fingerprint density at radius 1 is 1.25 bits per heavy atom. The van der Waals surface area contributed by atoms with Crippen LogP contribution in [0.4, 0.5) is 0 Å². The van der Waals surface area contributed by atoms with Crippen LogP contribution >= 0.6 is 0 Å². The molecule has 0 amide bonds. The van der Waals surface area contributed by atoms with E-state index in [2.05, 4.69) is 0 Å². The van der Waals surface area contributed by atoms with Crippen molar-refractivity contribution >= 4 is 9.73 Å². The molecule has 1 aliphatic rings. The van der Waals surface area contributed by atoms with E-state index >= 15 is 0 Å². The zero-order valence-corrected chi connectivity index (χ0v) is 8.82. The van der Waals surface area contributed by atoms with Gasteiger partial charge in [-0.3, -0.25) is 4.78 Å². The first-order valence-corrected chi connectivity index (χ1v) is 6.50. The Morgan fingerprint density at radius 2 is 1.75 bits per heavy atom. The molecule has 0 aromatic carbocycles. The van der Waals surface area contributed by atoms with Gasteiger partial charge in [-0.1, -0.05) is 33.1 Å². The molecule has 1 saturated carbocycles. The molecule has 0 saturated heterocycles. The predicted octanol–water partition coefficient (Wildman–Crippen LogP) is 2.77. The zero-order valence-electron chi connectivity index (χ0n) is 8.01. The fraction of sp³-hybridized carbons (Fsp3) is 1.00. The summed E-state index contributed by atoms with van der Waals surface area (Å²) in [5, 5.41) is 0.215. The molecule has 0 bridgehead atoms. The molecule has 0 aromatic heterocycles. The minimum absolute atomic E-state index is 0.0283. The van der Waals surface area contributed by atoms with Crippen LogP contribution in [-0.4, -0.2) is 14.7 Å². The van der Waals surface area contributed by atoms with Gasteiger partial charge < -0.3 is 0 Å². The molecular formula is C9H19NOS. The highest BCUT2D eigenvalue weighted by Gasteiger charge is 2.26. The van der Waals surface area contributed by atoms with Crippen molar-refractivity contribution in [2.75, 3.05) is 0 Å². The summed E-state index contributed by atoms with van der Waals surface area (Å²) < 4.78 is 19.7. The maximum absolute atomic E-state index is 11.9. The van der Waals surface area contributed by atoms with Crippen LogP contribution in [0, 0.1) is 4.78 Å². The van der Waals surface area contributed by atoms with Crippen molar-refractivity contribution in [3.05, 3.63) is 0 Å². The van der Waals surface area contributed by atoms with Gasteiger partial charge in [0.05, 0.1) is 0 Å². The molecule has 0 heterocycles. The van der Waals surface area contributed by atoms with E-state index in [9.17, 15) is 4.21 Å². The third-order valence-electron chi connectivity index (χ3n) is 2.75. The Labute approximate surface area is 75.7 Å². The third-order valence-corrected chi connectivity index (χ3v) is 5.61. The second-order valence-electron chi connectivity index (χ2n) is 3.96. The first-order valence-electron chi connectivity index (χ1n) is 4.81. The molecule has 2 nitrogen and oxygen atoms in total. The molecule has 0 spiro atoms. The van der Waals surface area contributed by atoms with Crippen LogP contribution in [0.1, 0.15) is 46.0 Å². The normalized spacial score (nSPS) is 25.6. The van der Waals surface area contributed by atoms with Crippen LogP contribution in [-0.2, 0) is 9.73 Å². The molecular weight excluding hydrogens is 170 g/mol. The highest BCUT2D eigenvalue weighted by Crippen LogP contribution is 2.26. The SMILES string of the molecule is CC(C)[S@](=N)(=O)C1CCCCC1. The topological polar surface area (TPSA) is 40.9 Å². The Kier molecular flexibility index (Phi) is 3.16. The van der Waals surface area contributed by atoms with Crippen molar-refractivity contribution in [1.29, 1.82) is 4.78 Å². The lowest BCUT2D eigenvalue weighted by Crippen LogP contribution is -2.29. The Morgan fingerprint density at radius 3 is 2.17 bits per heavy atom. The third kappa shape index (κ3) is 2.00. The summed E-state index contributed by atoms with van der Waals surface area (Å²) in [6.45, 7) is 3.81. The predicted molar refractivity (Wildman–Crippen MR) is 52.9 cm³/mol. The first-order chi connectivity index (χ1) is 5.55. The van der Waals surface area contributed by atoms with Crippen molar-refractivity contribution in [3.8, 4) is 0 Å². The van der Waals surface area contributed by atoms with Gasteiger partial charge in [0.25, 0.3) is 0 Å². The maximum Gasteiger partial charge on any atom is 0.0494 e. The van der Waals surface area contributed by atoms with Crippen LogP contribution in [0.2, 0.25) is 0 Å². The van der Waals surface area contributed by atoms with Crippen LogP contribution < -0.4 is 0 Å². The smallest absolute Gasteiger partial charge is 0.0494 e. The fourth-order valence-electron chi connectivity index (χ4n) is 1.80. The minimum Gasteiger partial charge on any atom is -0.252 e. The molecule has 12 heavy (non-hydrogen) atoms. The highest BCUT2D eigenvalue weighted by atomic mass is 32.2. The van der Waals surface area contributed by atoms with Crippen molar-refractivity contribution in [1.82, 2.24) is 0 Å². The van der Waals surface area contributed by atoms with Crippen LogP contribution in [0.3, 0.4) is 0 Å². The van der Waals surface area contributed by atoms with Crippen molar-refractivity contribution < 1.29 is 4.21 Å². The molecule has 1 atom stereocenters. The van der Waals surface area contributed by atoms with Gasteiger partial charge in [0.1, 0.15) is 0 Å².